The number of rotatable bonds is 9. The van der Waals surface area contributed by atoms with Crippen molar-refractivity contribution in [3.63, 3.8) is 0 Å². The number of benzene rings is 1. The molecule has 16 heteroatoms. The van der Waals surface area contributed by atoms with E-state index in [0.29, 0.717) is 51.4 Å². The largest absolute Gasteiger partial charge is 0.503 e. The molecule has 3 aliphatic carbocycles. The predicted octanol–water partition coefficient (Wildman–Crippen LogP) is 9.29. The van der Waals surface area contributed by atoms with Crippen LogP contribution in [0.25, 0.3) is 0 Å². The Morgan fingerprint density at radius 1 is 0.545 bits per heavy atom. The molecule has 0 saturated heterocycles. The summed E-state index contributed by atoms with van der Waals surface area (Å²) in [6, 6.07) is 3.20. The van der Waals surface area contributed by atoms with Gasteiger partial charge in [-0.15, -0.1) is 0 Å². The van der Waals surface area contributed by atoms with Crippen LogP contribution in [0.5, 0.6) is 5.75 Å². The maximum absolute atomic E-state index is 15.0. The van der Waals surface area contributed by atoms with Crippen LogP contribution in [0.2, 0.25) is 0 Å². The van der Waals surface area contributed by atoms with Crippen molar-refractivity contribution >= 4 is 20.0 Å². The first-order chi connectivity index (χ1) is 20.3. The van der Waals surface area contributed by atoms with Crippen molar-refractivity contribution in [3.05, 3.63) is 28.8 Å². The number of halogens is 9. The second kappa shape index (κ2) is 12.5. The van der Waals surface area contributed by atoms with Crippen molar-refractivity contribution in [3.8, 4) is 5.75 Å². The van der Waals surface area contributed by atoms with Crippen LogP contribution in [-0.4, -0.2) is 38.8 Å². The fourth-order valence-corrected chi connectivity index (χ4v) is 8.48. The third-order valence-electron chi connectivity index (χ3n) is 9.22. The highest BCUT2D eigenvalue weighted by Crippen LogP contribution is 2.55. The molecule has 0 unspecified atom stereocenters. The van der Waals surface area contributed by atoms with E-state index in [0.717, 1.165) is 50.5 Å². The highest BCUT2D eigenvalue weighted by atomic mass is 32.2. The van der Waals surface area contributed by atoms with E-state index in [1.54, 1.807) is 12.1 Å². The lowest BCUT2D eigenvalue weighted by Crippen LogP contribution is -2.63. The van der Waals surface area contributed by atoms with Gasteiger partial charge in [-0.2, -0.15) is 47.9 Å². The van der Waals surface area contributed by atoms with Crippen molar-refractivity contribution in [2.45, 2.75) is 136 Å². The van der Waals surface area contributed by atoms with Gasteiger partial charge in [-0.25, -0.2) is 8.42 Å². The van der Waals surface area contributed by atoms with Crippen molar-refractivity contribution in [2.75, 3.05) is 0 Å². The van der Waals surface area contributed by atoms with Crippen molar-refractivity contribution in [1.82, 2.24) is 0 Å². The summed E-state index contributed by atoms with van der Waals surface area (Å²) in [5.74, 6) is -9.11. The van der Waals surface area contributed by atoms with E-state index in [1.165, 1.54) is 0 Å². The summed E-state index contributed by atoms with van der Waals surface area (Å²) in [6.07, 6.45) is 10.7. The van der Waals surface area contributed by atoms with Crippen LogP contribution in [0.4, 0.5) is 39.5 Å². The summed E-state index contributed by atoms with van der Waals surface area (Å²) in [5, 5.41) is -14.6. The van der Waals surface area contributed by atoms with Crippen LogP contribution in [-0.2, 0) is 20.0 Å². The smallest absolute Gasteiger partial charge is 0.377 e. The van der Waals surface area contributed by atoms with E-state index in [1.807, 2.05) is 0 Å². The molecule has 0 aromatic heterocycles. The van der Waals surface area contributed by atoms with Gasteiger partial charge >= 0.3 is 41.9 Å². The van der Waals surface area contributed by atoms with Crippen molar-refractivity contribution in [2.24, 2.45) is 0 Å². The molecule has 3 aliphatic rings. The van der Waals surface area contributed by atoms with E-state index in [-0.39, 0.29) is 17.0 Å². The molecular formula is C28H35F9O5S2. The van der Waals surface area contributed by atoms with Gasteiger partial charge in [0.2, 0.25) is 0 Å². The molecule has 5 nitrogen and oxygen atoms in total. The lowest BCUT2D eigenvalue weighted by molar-refractivity contribution is -0.248. The van der Waals surface area contributed by atoms with Crippen LogP contribution in [0.3, 0.4) is 0 Å². The predicted molar refractivity (Wildman–Crippen MR) is 143 cm³/mol. The van der Waals surface area contributed by atoms with E-state index in [4.69, 9.17) is 4.18 Å². The maximum atomic E-state index is 15.0. The second-order valence-corrected chi connectivity index (χ2v) is 15.7. The minimum Gasteiger partial charge on any atom is -0.377 e. The van der Waals surface area contributed by atoms with Crippen molar-refractivity contribution < 1.29 is 60.5 Å². The highest BCUT2D eigenvalue weighted by molar-refractivity contribution is 7.93. The SMILES string of the molecule is O=S(=O)(Oc1c(C2CCCCC2)cc(C2CCCCC2)cc1C1CCCCC1)C(F)(F)C(F)(F)C(F)(F)S(=O)(=O)C(F)(F)F. The van der Waals surface area contributed by atoms with E-state index < -0.39 is 59.5 Å². The van der Waals surface area contributed by atoms with Gasteiger partial charge in [-0.05, 0) is 73.0 Å². The Hall–Kier alpha value is -1.71. The normalized spacial score (nSPS) is 21.4. The van der Waals surface area contributed by atoms with Crippen LogP contribution < -0.4 is 4.18 Å². The summed E-state index contributed by atoms with van der Waals surface area (Å²) in [4.78, 5) is 0. The zero-order valence-corrected chi connectivity index (χ0v) is 25.4. The van der Waals surface area contributed by atoms with Gasteiger partial charge in [0.25, 0.3) is 0 Å². The lowest BCUT2D eigenvalue weighted by atomic mass is 9.75. The van der Waals surface area contributed by atoms with E-state index in [9.17, 15) is 47.6 Å². The summed E-state index contributed by atoms with van der Waals surface area (Å²) < 4.78 is 179. The molecule has 44 heavy (non-hydrogen) atoms. The molecule has 4 rings (SSSR count). The number of sulfone groups is 1. The Labute approximate surface area is 251 Å². The third kappa shape index (κ3) is 6.18. The summed E-state index contributed by atoms with van der Waals surface area (Å²) in [7, 11) is -15.5. The molecule has 0 bridgehead atoms. The molecule has 3 fully saturated rings. The van der Waals surface area contributed by atoms with Gasteiger partial charge in [0, 0.05) is 0 Å². The van der Waals surface area contributed by atoms with Crippen LogP contribution in [0, 0.1) is 0 Å². The molecule has 0 atom stereocenters. The minimum absolute atomic E-state index is 0.0520. The zero-order valence-electron chi connectivity index (χ0n) is 23.8. The molecule has 0 amide bonds. The van der Waals surface area contributed by atoms with Gasteiger partial charge in [0.05, 0.1) is 0 Å². The van der Waals surface area contributed by atoms with Gasteiger partial charge in [0.1, 0.15) is 5.75 Å². The van der Waals surface area contributed by atoms with Crippen LogP contribution in [0.1, 0.15) is 131 Å². The Balaban J connectivity index is 1.87. The Morgan fingerprint density at radius 2 is 0.909 bits per heavy atom. The highest BCUT2D eigenvalue weighted by Gasteiger charge is 2.86. The van der Waals surface area contributed by atoms with Crippen LogP contribution in [0.15, 0.2) is 12.1 Å². The van der Waals surface area contributed by atoms with Gasteiger partial charge in [-0.3, -0.25) is 0 Å². The molecule has 0 radical (unpaired) electrons. The molecule has 252 valence electrons. The Bertz CT molecular complexity index is 1350. The molecule has 0 heterocycles. The summed E-state index contributed by atoms with van der Waals surface area (Å²) in [5.41, 5.74) is -6.01. The Morgan fingerprint density at radius 3 is 1.27 bits per heavy atom. The van der Waals surface area contributed by atoms with Gasteiger partial charge < -0.3 is 4.18 Å². The van der Waals surface area contributed by atoms with E-state index in [2.05, 4.69) is 0 Å². The van der Waals surface area contributed by atoms with Crippen molar-refractivity contribution in [1.29, 1.82) is 0 Å². The zero-order chi connectivity index (χ0) is 32.8. The summed E-state index contributed by atoms with van der Waals surface area (Å²) in [6.45, 7) is 0. The average molecular weight is 687 g/mol. The monoisotopic (exact) mass is 686 g/mol. The molecule has 0 N–H and O–H groups in total. The quantitative estimate of drug-likeness (QED) is 0.191. The maximum Gasteiger partial charge on any atom is 0.503 e. The fraction of sp³-hybridized carbons (Fsp3) is 0.786. The summed E-state index contributed by atoms with van der Waals surface area (Å²) >= 11 is 0. The first-order valence-corrected chi connectivity index (χ1v) is 17.7. The molecular weight excluding hydrogens is 651 g/mol. The topological polar surface area (TPSA) is 77.5 Å². The first-order valence-electron chi connectivity index (χ1n) is 14.8. The fourth-order valence-electron chi connectivity index (χ4n) is 6.70. The lowest BCUT2D eigenvalue weighted by Gasteiger charge is -2.34. The number of alkyl halides is 9. The van der Waals surface area contributed by atoms with E-state index >= 15 is 8.78 Å². The first kappa shape index (κ1) is 35.1. The molecule has 3 saturated carbocycles. The number of hydrogen-bond acceptors (Lipinski definition) is 5. The second-order valence-electron chi connectivity index (χ2n) is 12.1. The molecule has 1 aromatic rings. The Kier molecular flexibility index (Phi) is 9.97. The standard InChI is InChI=1S/C28H35F9O5S2/c29-25(30,26(31,32)43(38,39)28(35,36)37)27(33,34)44(40,41)42-24-22(19-12-6-2-7-13-19)16-21(18-10-4-1-5-11-18)17-23(24)20-14-8-3-9-15-20/h16-20H,1-15H2. The minimum atomic E-state index is -8.30. The average Bonchev–Trinajstić information content (AvgIpc) is 2.97. The molecule has 0 spiro atoms. The number of hydrogen-bond donors (Lipinski definition) is 0. The van der Waals surface area contributed by atoms with Gasteiger partial charge in [-0.1, -0.05) is 69.9 Å². The molecule has 0 aliphatic heterocycles. The molecule has 1 aromatic carbocycles. The van der Waals surface area contributed by atoms with Crippen LogP contribution >= 0.6 is 0 Å². The third-order valence-corrected chi connectivity index (χ3v) is 12.0. The van der Waals surface area contributed by atoms with Gasteiger partial charge in [0.15, 0.2) is 0 Å².